The molecule has 2 heterocycles. The van der Waals surface area contributed by atoms with Crippen molar-refractivity contribution in [2.24, 2.45) is 5.10 Å². The molecule has 158 valence electrons. The minimum absolute atomic E-state index is 0.00946. The van der Waals surface area contributed by atoms with Gasteiger partial charge in [-0.15, -0.1) is 0 Å². The fraction of sp³-hybridized carbons (Fsp3) is 0.200. The summed E-state index contributed by atoms with van der Waals surface area (Å²) in [5.41, 5.74) is 4.22. The minimum atomic E-state index is -0.447. The molecule has 0 bridgehead atoms. The second-order valence-corrected chi connectivity index (χ2v) is 7.20. The van der Waals surface area contributed by atoms with Gasteiger partial charge < -0.3 is 10.2 Å². The van der Waals surface area contributed by atoms with Crippen molar-refractivity contribution >= 4 is 47.0 Å². The van der Waals surface area contributed by atoms with E-state index < -0.39 is 4.92 Å². The zero-order valence-corrected chi connectivity index (χ0v) is 17.2. The molecule has 4 rings (SSSR count). The lowest BCUT2D eigenvalue weighted by Crippen LogP contribution is -2.21. The molecule has 1 aliphatic rings. The molecule has 31 heavy (non-hydrogen) atoms. The van der Waals surface area contributed by atoms with Gasteiger partial charge in [-0.3, -0.25) is 10.1 Å². The number of hydrazone groups is 1. The second-order valence-electron chi connectivity index (χ2n) is 6.80. The SMILES string of the molecule is O=[N+]([O-])c1ccc(Nc2nc(N/N=C\c3ccccc3Cl)nc(N3CCCC3)n2)cc1. The number of nitro benzene ring substituents is 1. The molecule has 11 heteroatoms. The molecule has 1 saturated heterocycles. The molecule has 10 nitrogen and oxygen atoms in total. The molecule has 0 radical (unpaired) electrons. The van der Waals surface area contributed by atoms with Crippen molar-refractivity contribution in [1.82, 2.24) is 15.0 Å². The first kappa shape index (κ1) is 20.5. The van der Waals surface area contributed by atoms with E-state index in [1.165, 1.54) is 12.1 Å². The Bertz CT molecular complexity index is 1100. The van der Waals surface area contributed by atoms with Gasteiger partial charge in [0, 0.05) is 41.5 Å². The smallest absolute Gasteiger partial charge is 0.269 e. The summed E-state index contributed by atoms with van der Waals surface area (Å²) in [5.74, 6) is 1.11. The summed E-state index contributed by atoms with van der Waals surface area (Å²) in [7, 11) is 0. The third kappa shape index (κ3) is 5.23. The number of halogens is 1. The number of nitro groups is 1. The highest BCUT2D eigenvalue weighted by atomic mass is 35.5. The first-order valence-corrected chi connectivity index (χ1v) is 10.0. The largest absolute Gasteiger partial charge is 0.341 e. The molecule has 0 unspecified atom stereocenters. The van der Waals surface area contributed by atoms with E-state index in [4.69, 9.17) is 11.6 Å². The van der Waals surface area contributed by atoms with Crippen LogP contribution in [0.4, 0.5) is 29.2 Å². The van der Waals surface area contributed by atoms with Gasteiger partial charge in [0.1, 0.15) is 0 Å². The summed E-state index contributed by atoms with van der Waals surface area (Å²) in [6.45, 7) is 1.73. The Morgan fingerprint density at radius 1 is 1.03 bits per heavy atom. The number of nitrogens with zero attached hydrogens (tertiary/aromatic N) is 6. The van der Waals surface area contributed by atoms with E-state index in [1.807, 2.05) is 18.2 Å². The van der Waals surface area contributed by atoms with E-state index in [0.717, 1.165) is 31.5 Å². The molecule has 2 N–H and O–H groups in total. The molecule has 2 aromatic carbocycles. The summed E-state index contributed by atoms with van der Waals surface area (Å²) in [4.78, 5) is 25.8. The van der Waals surface area contributed by atoms with Crippen LogP contribution in [0.1, 0.15) is 18.4 Å². The van der Waals surface area contributed by atoms with E-state index in [1.54, 1.807) is 24.4 Å². The van der Waals surface area contributed by atoms with E-state index in [2.05, 4.69) is 35.7 Å². The van der Waals surface area contributed by atoms with Gasteiger partial charge in [-0.25, -0.2) is 5.43 Å². The Morgan fingerprint density at radius 2 is 1.74 bits per heavy atom. The summed E-state index contributed by atoms with van der Waals surface area (Å²) in [6.07, 6.45) is 3.74. The van der Waals surface area contributed by atoms with Crippen LogP contribution in [0.15, 0.2) is 53.6 Å². The standard InChI is InChI=1S/C20H19ClN8O2/c21-17-6-2-1-5-14(17)13-22-27-19-24-18(25-20(26-19)28-11-3-4-12-28)23-15-7-9-16(10-8-15)29(30)31/h1-2,5-10,13H,3-4,11-12H2,(H2,23,24,25,26,27)/b22-13-. The highest BCUT2D eigenvalue weighted by molar-refractivity contribution is 6.33. The third-order valence-corrected chi connectivity index (χ3v) is 4.96. The lowest BCUT2D eigenvalue weighted by atomic mass is 10.2. The lowest BCUT2D eigenvalue weighted by Gasteiger charge is -2.16. The van der Waals surface area contributed by atoms with Crippen LogP contribution in [0.3, 0.4) is 0 Å². The normalized spacial score (nSPS) is 13.5. The number of anilines is 4. The van der Waals surface area contributed by atoms with Crippen LogP contribution in [-0.4, -0.2) is 39.2 Å². The van der Waals surface area contributed by atoms with Gasteiger partial charge in [0.25, 0.3) is 5.69 Å². The van der Waals surface area contributed by atoms with Crippen LogP contribution >= 0.6 is 11.6 Å². The monoisotopic (exact) mass is 438 g/mol. The van der Waals surface area contributed by atoms with E-state index >= 15 is 0 Å². The Kier molecular flexibility index (Phi) is 6.18. The lowest BCUT2D eigenvalue weighted by molar-refractivity contribution is -0.384. The number of non-ortho nitro benzene ring substituents is 1. The summed E-state index contributed by atoms with van der Waals surface area (Å²) in [6, 6.07) is 13.4. The van der Waals surface area contributed by atoms with Gasteiger partial charge in [0.2, 0.25) is 17.8 Å². The maximum absolute atomic E-state index is 10.8. The Hall–Kier alpha value is -3.79. The average Bonchev–Trinajstić information content (AvgIpc) is 3.30. The quantitative estimate of drug-likeness (QED) is 0.319. The van der Waals surface area contributed by atoms with Crippen LogP contribution in [0.25, 0.3) is 0 Å². The first-order valence-electron chi connectivity index (χ1n) is 9.64. The van der Waals surface area contributed by atoms with Crippen LogP contribution < -0.4 is 15.6 Å². The van der Waals surface area contributed by atoms with E-state index in [-0.39, 0.29) is 11.6 Å². The number of aromatic nitrogens is 3. The highest BCUT2D eigenvalue weighted by Gasteiger charge is 2.17. The van der Waals surface area contributed by atoms with Crippen molar-refractivity contribution in [3.05, 3.63) is 69.2 Å². The number of hydrogen-bond donors (Lipinski definition) is 2. The van der Waals surface area contributed by atoms with E-state index in [9.17, 15) is 10.1 Å². The maximum atomic E-state index is 10.8. The van der Waals surface area contributed by atoms with Crippen molar-refractivity contribution in [2.75, 3.05) is 28.7 Å². The van der Waals surface area contributed by atoms with Gasteiger partial charge >= 0.3 is 0 Å². The Balaban J connectivity index is 1.56. The number of nitrogens with one attached hydrogen (secondary N) is 2. The number of hydrogen-bond acceptors (Lipinski definition) is 9. The predicted molar refractivity (Wildman–Crippen MR) is 120 cm³/mol. The fourth-order valence-corrected chi connectivity index (χ4v) is 3.25. The molecule has 1 aromatic heterocycles. The zero-order chi connectivity index (χ0) is 21.6. The van der Waals surface area contributed by atoms with Gasteiger partial charge in [0.15, 0.2) is 0 Å². The highest BCUT2D eigenvalue weighted by Crippen LogP contribution is 2.22. The first-order chi connectivity index (χ1) is 15.1. The summed E-state index contributed by atoms with van der Waals surface area (Å²) < 4.78 is 0. The molecular weight excluding hydrogens is 420 g/mol. The third-order valence-electron chi connectivity index (χ3n) is 4.62. The molecule has 0 atom stereocenters. The average molecular weight is 439 g/mol. The van der Waals surface area contributed by atoms with Gasteiger partial charge in [-0.05, 0) is 31.0 Å². The minimum Gasteiger partial charge on any atom is -0.341 e. The van der Waals surface area contributed by atoms with E-state index in [0.29, 0.717) is 22.6 Å². The predicted octanol–water partition coefficient (Wildman–Crippen LogP) is 4.22. The van der Waals surface area contributed by atoms with Crippen LogP contribution in [0.5, 0.6) is 0 Å². The van der Waals surface area contributed by atoms with Gasteiger partial charge in [-0.1, -0.05) is 29.8 Å². The summed E-state index contributed by atoms with van der Waals surface area (Å²) in [5, 5.41) is 18.7. The number of rotatable bonds is 7. The van der Waals surface area contributed by atoms with Gasteiger partial charge in [0.05, 0.1) is 11.1 Å². The second kappa shape index (κ2) is 9.35. The summed E-state index contributed by atoms with van der Waals surface area (Å²) >= 11 is 6.14. The van der Waals surface area contributed by atoms with Crippen LogP contribution in [0, 0.1) is 10.1 Å². The molecule has 1 aliphatic heterocycles. The van der Waals surface area contributed by atoms with Crippen molar-refractivity contribution < 1.29 is 4.92 Å². The Labute approximate surface area is 183 Å². The van der Waals surface area contributed by atoms with Crippen molar-refractivity contribution in [2.45, 2.75) is 12.8 Å². The molecular formula is C20H19ClN8O2. The number of benzene rings is 2. The fourth-order valence-electron chi connectivity index (χ4n) is 3.06. The zero-order valence-electron chi connectivity index (χ0n) is 16.4. The van der Waals surface area contributed by atoms with Gasteiger partial charge in [-0.2, -0.15) is 20.1 Å². The molecule has 0 amide bonds. The molecule has 0 spiro atoms. The van der Waals surface area contributed by atoms with Crippen molar-refractivity contribution in [3.8, 4) is 0 Å². The van der Waals surface area contributed by atoms with Crippen molar-refractivity contribution in [3.63, 3.8) is 0 Å². The van der Waals surface area contributed by atoms with Crippen LogP contribution in [-0.2, 0) is 0 Å². The topological polar surface area (TPSA) is 121 Å². The molecule has 3 aromatic rings. The van der Waals surface area contributed by atoms with Crippen LogP contribution in [0.2, 0.25) is 5.02 Å². The molecule has 0 saturated carbocycles. The molecule has 1 fully saturated rings. The maximum Gasteiger partial charge on any atom is 0.269 e. The van der Waals surface area contributed by atoms with Crippen molar-refractivity contribution in [1.29, 1.82) is 0 Å². The Morgan fingerprint density at radius 3 is 2.45 bits per heavy atom. The molecule has 0 aliphatic carbocycles.